The van der Waals surface area contributed by atoms with E-state index in [-0.39, 0.29) is 135 Å². The van der Waals surface area contributed by atoms with E-state index >= 15 is 0 Å². The van der Waals surface area contributed by atoms with E-state index < -0.39 is 67.5 Å². The second-order valence-electron chi connectivity index (χ2n) is 9.25. The molecular weight excluding hydrogens is 765 g/mol. The molecule has 0 unspecified atom stereocenters. The Morgan fingerprint density at radius 2 is 1.45 bits per heavy atom. The Labute approximate surface area is 350 Å². The van der Waals surface area contributed by atoms with Gasteiger partial charge in [-0.25, -0.2) is 30.0 Å². The summed E-state index contributed by atoms with van der Waals surface area (Å²) in [5.41, 5.74) is 4.39. The summed E-state index contributed by atoms with van der Waals surface area (Å²) in [6, 6.07) is 4.83. The zero-order valence-electron chi connectivity index (χ0n) is 26.0. The van der Waals surface area contributed by atoms with Crippen molar-refractivity contribution in [3.8, 4) is 6.01 Å². The largest absolute Gasteiger partial charge is 1.00 e. The molecule has 4 aromatic rings. The summed E-state index contributed by atoms with van der Waals surface area (Å²) < 4.78 is 112. The van der Waals surface area contributed by atoms with Gasteiger partial charge in [-0.3, -0.25) is 0 Å². The van der Waals surface area contributed by atoms with Gasteiger partial charge in [0.15, 0.2) is 0 Å². The average molecular weight is 783 g/mol. The molecule has 0 saturated carbocycles. The molecule has 1 aromatic heterocycles. The molecule has 26 heteroatoms. The van der Waals surface area contributed by atoms with Crippen molar-refractivity contribution in [3.63, 3.8) is 0 Å². The van der Waals surface area contributed by atoms with Crippen molar-refractivity contribution in [2.45, 2.75) is 34.6 Å². The third kappa shape index (κ3) is 12.3. The number of nitrogens with one attached hydrogen (secondary N) is 2. The molecule has 0 bridgehead atoms. The van der Waals surface area contributed by atoms with E-state index in [1.807, 2.05) is 0 Å². The maximum Gasteiger partial charge on any atom is 1.00 e. The summed E-state index contributed by atoms with van der Waals surface area (Å²) in [7, 11) is -16.2. The molecule has 0 radical (unpaired) electrons. The molecule has 0 spiro atoms. The van der Waals surface area contributed by atoms with Crippen LogP contribution in [0.15, 0.2) is 67.4 Å². The number of urea groups is 1. The number of azo groups is 1. The monoisotopic (exact) mass is 782 g/mol. The molecule has 0 fully saturated rings. The van der Waals surface area contributed by atoms with Gasteiger partial charge in [0, 0.05) is 11.1 Å². The van der Waals surface area contributed by atoms with Crippen molar-refractivity contribution in [1.82, 2.24) is 15.0 Å². The third-order valence-electron chi connectivity index (χ3n) is 5.50. The van der Waals surface area contributed by atoms with Crippen LogP contribution in [0.5, 0.6) is 6.01 Å². The van der Waals surface area contributed by atoms with Crippen LogP contribution < -0.4 is 110 Å². The Morgan fingerprint density at radius 3 is 2.00 bits per heavy atom. The topological polar surface area (TPSA) is 311 Å². The van der Waals surface area contributed by atoms with Gasteiger partial charge in [0.1, 0.15) is 41.7 Å². The Morgan fingerprint density at radius 1 is 0.837 bits per heavy atom. The molecule has 0 aliphatic heterocycles. The van der Waals surface area contributed by atoms with E-state index in [2.05, 4.69) is 35.8 Å². The maximum atomic E-state index is 12.1. The number of primary amides is 1. The maximum absolute atomic E-state index is 12.1. The van der Waals surface area contributed by atoms with Gasteiger partial charge in [-0.1, -0.05) is 0 Å². The van der Waals surface area contributed by atoms with Crippen LogP contribution in [0.4, 0.5) is 33.5 Å². The van der Waals surface area contributed by atoms with Gasteiger partial charge in [0.05, 0.1) is 26.5 Å². The number of nitrogens with two attached hydrogens (primary N) is 1. The summed E-state index contributed by atoms with van der Waals surface area (Å²) in [5, 5.41) is 11.3. The molecule has 4 N–H and O–H groups in total. The van der Waals surface area contributed by atoms with E-state index in [0.29, 0.717) is 18.2 Å². The smallest absolute Gasteiger partial charge is 0.744 e. The number of ether oxygens (including phenoxy) is 1. The van der Waals surface area contributed by atoms with Crippen molar-refractivity contribution in [2.75, 3.05) is 10.6 Å². The second kappa shape index (κ2) is 17.8. The van der Waals surface area contributed by atoms with Crippen molar-refractivity contribution in [1.29, 1.82) is 0 Å². The van der Waals surface area contributed by atoms with Crippen LogP contribution in [0.2, 0.25) is 5.28 Å². The first kappa shape index (κ1) is 45.4. The minimum atomic E-state index is -5.46. The number of hydrogen-bond donors (Lipinski definition) is 3. The fraction of sp³-hybridized carbons (Fsp3) is 0.130. The van der Waals surface area contributed by atoms with Gasteiger partial charge in [-0.2, -0.15) is 15.0 Å². The Bertz CT molecular complexity index is 2270. The number of aromatic nitrogens is 3. The summed E-state index contributed by atoms with van der Waals surface area (Å²) in [4.78, 5) is 20.0. The number of hydrogen-bond acceptors (Lipinski definition) is 17. The van der Waals surface area contributed by atoms with Crippen molar-refractivity contribution >= 4 is 87.5 Å². The van der Waals surface area contributed by atoms with E-state index in [1.165, 1.54) is 18.2 Å². The zero-order valence-corrected chi connectivity index (χ0v) is 35.2. The fourth-order valence-corrected chi connectivity index (χ4v) is 5.88. The third-order valence-corrected chi connectivity index (χ3v) is 8.22. The predicted molar refractivity (Wildman–Crippen MR) is 156 cm³/mol. The van der Waals surface area contributed by atoms with Crippen LogP contribution in [-0.2, 0) is 30.4 Å². The normalized spacial score (nSPS) is 11.7. The van der Waals surface area contributed by atoms with Crippen LogP contribution >= 0.6 is 11.6 Å². The Hall–Kier alpha value is -1.58. The fourth-order valence-electron chi connectivity index (χ4n) is 3.77. The number of carbonyl (C=O) groups excluding carboxylic acids is 1. The number of halogens is 1. The second-order valence-corrected chi connectivity index (χ2v) is 13.7. The van der Waals surface area contributed by atoms with Crippen molar-refractivity contribution in [3.05, 3.63) is 47.7 Å². The summed E-state index contributed by atoms with van der Waals surface area (Å²) in [5.74, 6) is -0.0615. The molecule has 3 aromatic carbocycles. The van der Waals surface area contributed by atoms with Crippen LogP contribution in [-0.4, -0.2) is 66.0 Å². The van der Waals surface area contributed by atoms with Crippen molar-refractivity contribution in [2.24, 2.45) is 16.0 Å². The number of nitrogens with zero attached hydrogens (tertiary/aromatic N) is 5. The molecule has 0 aliphatic rings. The first-order chi connectivity index (χ1) is 21.2. The van der Waals surface area contributed by atoms with E-state index in [0.717, 1.165) is 0 Å². The van der Waals surface area contributed by atoms with Gasteiger partial charge in [-0.15, -0.1) is 10.2 Å². The first-order valence-electron chi connectivity index (χ1n) is 12.2. The standard InChI is InChI=1S/C23H21ClN8O11S3.3Na/c1-10(2)43-23-29-20(24)28-22(30-23)26-12-3-4-15(16(7-12)27-21(25)33)31-32-17-9-14-11(6-19(17)46(40,41)42)5-13(44(34,35)36)8-18(14)45(37,38)39;;;/h3-10H,1-2H3,(H3,25,27,33)(H,34,35,36)(H,37,38,39)(H,40,41,42)(H,26,28,29,30);;;/q;3*+1/p-3. The van der Waals surface area contributed by atoms with E-state index in [1.54, 1.807) is 13.8 Å². The van der Waals surface area contributed by atoms with Gasteiger partial charge in [-0.05, 0) is 73.3 Å². The zero-order chi connectivity index (χ0) is 34.2. The quantitative estimate of drug-likeness (QED) is 0.0766. The van der Waals surface area contributed by atoms with E-state index in [9.17, 15) is 43.7 Å². The number of benzene rings is 3. The van der Waals surface area contributed by atoms with Crippen LogP contribution in [0, 0.1) is 0 Å². The SMILES string of the molecule is CC(C)Oc1nc(Cl)nc(Nc2ccc(N=Nc3cc4c(S(=O)(=O)[O-])cc(S(=O)(=O)[O-])cc4cc3S(=O)(=O)[O-])c(NC(N)=O)c2)n1.[Na+].[Na+].[Na+]. The molecule has 19 nitrogen and oxygen atoms in total. The molecule has 0 saturated heterocycles. The molecule has 1 heterocycles. The van der Waals surface area contributed by atoms with Crippen molar-refractivity contribution < 1.29 is 137 Å². The summed E-state index contributed by atoms with van der Waals surface area (Å²) in [6.07, 6.45) is -0.287. The van der Waals surface area contributed by atoms with Crippen LogP contribution in [0.3, 0.4) is 0 Å². The van der Waals surface area contributed by atoms with Gasteiger partial charge in [0.2, 0.25) is 11.2 Å². The number of carbonyl (C=O) groups is 1. The number of anilines is 3. The minimum Gasteiger partial charge on any atom is -0.744 e. The molecule has 4 rings (SSSR count). The molecule has 49 heavy (non-hydrogen) atoms. The number of amides is 2. The molecule has 0 aliphatic carbocycles. The summed E-state index contributed by atoms with van der Waals surface area (Å²) >= 11 is 5.93. The summed E-state index contributed by atoms with van der Waals surface area (Å²) in [6.45, 7) is 3.46. The minimum absolute atomic E-state index is 0. The van der Waals surface area contributed by atoms with Crippen LogP contribution in [0.25, 0.3) is 10.8 Å². The van der Waals surface area contributed by atoms with Crippen LogP contribution in [0.1, 0.15) is 13.8 Å². The molecular formula is C23H18ClN8Na3O11S3. The molecule has 2 amide bonds. The Kier molecular flexibility index (Phi) is 16.5. The Balaban J connectivity index is 0.00000400. The van der Waals surface area contributed by atoms with E-state index in [4.69, 9.17) is 22.1 Å². The molecule has 244 valence electrons. The first-order valence-corrected chi connectivity index (χ1v) is 16.8. The van der Waals surface area contributed by atoms with Gasteiger partial charge >= 0.3 is 101 Å². The number of rotatable bonds is 10. The van der Waals surface area contributed by atoms with Gasteiger partial charge < -0.3 is 34.8 Å². The number of fused-ring (bicyclic) bond motifs is 1. The predicted octanol–water partition coefficient (Wildman–Crippen LogP) is -6.16. The molecule has 0 atom stereocenters. The average Bonchev–Trinajstić information content (AvgIpc) is 2.89. The van der Waals surface area contributed by atoms with Gasteiger partial charge in [0.25, 0.3) is 0 Å².